The van der Waals surface area contributed by atoms with Crippen LogP contribution in [0.3, 0.4) is 0 Å². The third kappa shape index (κ3) is 9.54. The van der Waals surface area contributed by atoms with Gasteiger partial charge >= 0.3 is 18.9 Å². The average Bonchev–Trinajstić information content (AvgIpc) is 1.61. The van der Waals surface area contributed by atoms with Crippen LogP contribution in [0.25, 0.3) is 0 Å². The van der Waals surface area contributed by atoms with Gasteiger partial charge in [0.2, 0.25) is 0 Å². The zero-order valence-corrected chi connectivity index (χ0v) is 5.60. The topological polar surface area (TPSA) is 49.4 Å². The van der Waals surface area contributed by atoms with Gasteiger partial charge in [0.25, 0.3) is 0 Å². The largest absolute Gasteiger partial charge is 1.00 e. The van der Waals surface area contributed by atoms with Crippen molar-refractivity contribution in [3.63, 3.8) is 0 Å². The summed E-state index contributed by atoms with van der Waals surface area (Å²) >= 11 is -2.40. The van der Waals surface area contributed by atoms with Gasteiger partial charge in [0.05, 0.1) is 6.26 Å². The van der Waals surface area contributed by atoms with Gasteiger partial charge in [-0.25, -0.2) is 4.21 Å². The van der Waals surface area contributed by atoms with E-state index in [1.165, 1.54) is 6.08 Å². The molecule has 0 aliphatic carbocycles. The molecule has 8 heavy (non-hydrogen) atoms. The van der Waals surface area contributed by atoms with Crippen LogP contribution in [-0.4, -0.2) is 8.76 Å². The maximum Gasteiger partial charge on any atom is 1.00 e. The number of hydrogen-bond donors (Lipinski definition) is 0. The Bertz CT molecular complexity index is 92.5. The molecule has 1 unspecified atom stereocenters. The summed E-state index contributed by atoms with van der Waals surface area (Å²) in [6.45, 7) is 1.66. The Kier molecular flexibility index (Phi) is 10.1. The van der Waals surface area contributed by atoms with Crippen molar-refractivity contribution < 1.29 is 31.8 Å². The van der Waals surface area contributed by atoms with Crippen molar-refractivity contribution in [2.75, 3.05) is 0 Å². The first kappa shape index (κ1) is 11.1. The molecule has 1 atom stereocenters. The van der Waals surface area contributed by atoms with Gasteiger partial charge in [-0.3, -0.25) is 0 Å². The van der Waals surface area contributed by atoms with Crippen molar-refractivity contribution in [2.24, 2.45) is 0 Å². The second kappa shape index (κ2) is 7.25. The van der Waals surface area contributed by atoms with E-state index in [1.54, 1.807) is 6.92 Å². The van der Waals surface area contributed by atoms with Crippen molar-refractivity contribution in [3.05, 3.63) is 12.3 Å². The molecule has 0 aromatic heterocycles. The van der Waals surface area contributed by atoms with Gasteiger partial charge in [-0.1, -0.05) is 6.08 Å². The van der Waals surface area contributed by atoms with Crippen LogP contribution in [0.2, 0.25) is 0 Å². The van der Waals surface area contributed by atoms with E-state index in [2.05, 4.69) is 4.18 Å². The van der Waals surface area contributed by atoms with E-state index in [4.69, 9.17) is 0 Å². The van der Waals surface area contributed by atoms with Crippen molar-refractivity contribution >= 4 is 11.4 Å². The second-order valence-corrected chi connectivity index (χ2v) is 1.37. The first-order valence-electron chi connectivity index (χ1n) is 1.65. The molecule has 0 amide bonds. The monoisotopic (exact) mass is 128 g/mol. The van der Waals surface area contributed by atoms with Crippen molar-refractivity contribution in [2.45, 2.75) is 6.92 Å². The maximum atomic E-state index is 9.48. The molecule has 0 aromatic carbocycles. The molecular formula is C3H5LiO3S. The smallest absolute Gasteiger partial charge is 0.740 e. The van der Waals surface area contributed by atoms with Crippen LogP contribution in [0.4, 0.5) is 0 Å². The van der Waals surface area contributed by atoms with Crippen LogP contribution in [0.15, 0.2) is 12.3 Å². The Labute approximate surface area is 62.8 Å². The molecule has 42 valence electrons. The molecule has 0 saturated carbocycles. The minimum atomic E-state index is -2.40. The number of hydrogen-bond acceptors (Lipinski definition) is 3. The SMILES string of the molecule is CC=COS(=O)[O-].[Li+]. The van der Waals surface area contributed by atoms with Gasteiger partial charge in [-0.2, -0.15) is 0 Å². The van der Waals surface area contributed by atoms with Gasteiger partial charge in [-0.05, 0) is 6.92 Å². The fourth-order valence-corrected chi connectivity index (χ4v) is 0.303. The second-order valence-electron chi connectivity index (χ2n) is 0.770. The summed E-state index contributed by atoms with van der Waals surface area (Å²) in [5, 5.41) is 0. The molecule has 0 N–H and O–H groups in total. The van der Waals surface area contributed by atoms with E-state index in [9.17, 15) is 8.76 Å². The summed E-state index contributed by atoms with van der Waals surface area (Å²) in [5.74, 6) is 0. The molecule has 0 rings (SSSR count). The van der Waals surface area contributed by atoms with Gasteiger partial charge in [0.15, 0.2) is 0 Å². The number of rotatable bonds is 2. The zero-order chi connectivity index (χ0) is 5.70. The van der Waals surface area contributed by atoms with Crippen LogP contribution < -0.4 is 18.9 Å². The van der Waals surface area contributed by atoms with Crippen molar-refractivity contribution in [1.82, 2.24) is 0 Å². The van der Waals surface area contributed by atoms with Crippen LogP contribution in [-0.2, 0) is 15.5 Å². The van der Waals surface area contributed by atoms with E-state index in [-0.39, 0.29) is 18.9 Å². The van der Waals surface area contributed by atoms with Crippen LogP contribution >= 0.6 is 0 Å². The summed E-state index contributed by atoms with van der Waals surface area (Å²) in [7, 11) is 0. The standard InChI is InChI=1S/C3H6O3S.Li/c1-2-3-6-7(4)5;/h2-3H,1H3,(H,4,5);/q;+1/p-1. The van der Waals surface area contributed by atoms with Gasteiger partial charge < -0.3 is 8.74 Å². The molecule has 0 saturated heterocycles. The Morgan fingerprint density at radius 1 is 1.75 bits per heavy atom. The molecule has 0 aliphatic heterocycles. The van der Waals surface area contributed by atoms with Crippen LogP contribution in [0.5, 0.6) is 0 Å². The molecule has 0 aromatic rings. The average molecular weight is 128 g/mol. The fourth-order valence-electron chi connectivity index (χ4n) is 0.101. The molecule has 0 bridgehead atoms. The molecule has 0 heterocycles. The Morgan fingerprint density at radius 3 is 2.38 bits per heavy atom. The Morgan fingerprint density at radius 2 is 2.25 bits per heavy atom. The van der Waals surface area contributed by atoms with Crippen molar-refractivity contribution in [1.29, 1.82) is 0 Å². The van der Waals surface area contributed by atoms with Gasteiger partial charge in [-0.15, -0.1) is 0 Å². The number of allylic oxidation sites excluding steroid dienone is 1. The summed E-state index contributed by atoms with van der Waals surface area (Å²) in [5.41, 5.74) is 0. The molecule has 0 aliphatic rings. The predicted octanol–water partition coefficient (Wildman–Crippen LogP) is -2.67. The summed E-state index contributed by atoms with van der Waals surface area (Å²) < 4.78 is 22.9. The fraction of sp³-hybridized carbons (Fsp3) is 0.333. The third-order valence-corrected chi connectivity index (χ3v) is 0.538. The van der Waals surface area contributed by atoms with E-state index < -0.39 is 11.4 Å². The van der Waals surface area contributed by atoms with E-state index in [0.29, 0.717) is 0 Å². The minimum absolute atomic E-state index is 0. The van der Waals surface area contributed by atoms with Crippen LogP contribution in [0.1, 0.15) is 6.92 Å². The molecule has 0 radical (unpaired) electrons. The zero-order valence-electron chi connectivity index (χ0n) is 4.79. The third-order valence-electron chi connectivity index (χ3n) is 0.270. The molecule has 5 heteroatoms. The van der Waals surface area contributed by atoms with E-state index in [1.807, 2.05) is 0 Å². The van der Waals surface area contributed by atoms with Crippen LogP contribution in [0, 0.1) is 0 Å². The summed E-state index contributed by atoms with van der Waals surface area (Å²) in [4.78, 5) is 0. The summed E-state index contributed by atoms with van der Waals surface area (Å²) in [6, 6.07) is 0. The normalized spacial score (nSPS) is 12.8. The quantitative estimate of drug-likeness (QED) is 0.231. The predicted molar refractivity (Wildman–Crippen MR) is 24.8 cm³/mol. The van der Waals surface area contributed by atoms with Gasteiger partial charge in [0, 0.05) is 0 Å². The molecule has 0 spiro atoms. The Hall–Kier alpha value is 0.247. The molecular weight excluding hydrogens is 123 g/mol. The molecule has 0 fully saturated rings. The molecule has 3 nitrogen and oxygen atoms in total. The first-order valence-corrected chi connectivity index (χ1v) is 2.65. The summed E-state index contributed by atoms with van der Waals surface area (Å²) in [6.07, 6.45) is 2.57. The maximum absolute atomic E-state index is 9.48. The Balaban J connectivity index is 0. The van der Waals surface area contributed by atoms with Crippen molar-refractivity contribution in [3.8, 4) is 0 Å². The van der Waals surface area contributed by atoms with E-state index in [0.717, 1.165) is 6.26 Å². The van der Waals surface area contributed by atoms with E-state index >= 15 is 0 Å². The minimum Gasteiger partial charge on any atom is -0.740 e. The first-order chi connectivity index (χ1) is 3.27. The van der Waals surface area contributed by atoms with Gasteiger partial charge in [0.1, 0.15) is 11.4 Å².